The molecule has 1 aliphatic carbocycles. The van der Waals surface area contributed by atoms with Crippen molar-refractivity contribution in [3.63, 3.8) is 0 Å². The summed E-state index contributed by atoms with van der Waals surface area (Å²) in [6.07, 6.45) is 0.875. The number of hydrogen-bond acceptors (Lipinski definition) is 4. The molecule has 266 valence electrons. The number of carbonyl (C=O) groups is 1. The molecule has 0 amide bonds. The third kappa shape index (κ3) is 9.02. The normalized spacial score (nSPS) is 24.0. The van der Waals surface area contributed by atoms with Crippen molar-refractivity contribution < 1.29 is 31.1 Å². The summed E-state index contributed by atoms with van der Waals surface area (Å²) in [5.74, 6) is -0.379. The van der Waals surface area contributed by atoms with E-state index >= 15 is 0 Å². The summed E-state index contributed by atoms with van der Waals surface area (Å²) in [4.78, 5) is 19.0. The maximum atomic E-state index is 13.8. The topological polar surface area (TPSA) is 35.6 Å². The molecular formula is C38H51F6N3O. The molecule has 2 aromatic rings. The lowest BCUT2D eigenvalue weighted by Crippen LogP contribution is -2.51. The molecule has 2 heterocycles. The second kappa shape index (κ2) is 15.6. The molecule has 10 heteroatoms. The number of benzene rings is 2. The number of halogens is 6. The highest BCUT2D eigenvalue weighted by atomic mass is 19.4. The van der Waals surface area contributed by atoms with Gasteiger partial charge < -0.3 is 10.2 Å². The van der Waals surface area contributed by atoms with Gasteiger partial charge in [-0.25, -0.2) is 0 Å². The summed E-state index contributed by atoms with van der Waals surface area (Å²) in [6.45, 7) is 9.83. The van der Waals surface area contributed by atoms with E-state index < -0.39 is 35.9 Å². The SMILES string of the molecule is CCc1ccc(C2(CCN3CCN(C4CCCCC4)CC3)CCCNC(C(=O)Cc3cc(C(F)(F)F)cc(C(F)(F)F)c3)C2)cc1CC. The van der Waals surface area contributed by atoms with Gasteiger partial charge in [-0.15, -0.1) is 0 Å². The third-order valence-corrected chi connectivity index (χ3v) is 11.2. The van der Waals surface area contributed by atoms with E-state index in [9.17, 15) is 31.1 Å². The van der Waals surface area contributed by atoms with Crippen LogP contribution in [0.4, 0.5) is 26.3 Å². The molecular weight excluding hydrogens is 628 g/mol. The van der Waals surface area contributed by atoms with Crippen LogP contribution in [0.3, 0.4) is 0 Å². The van der Waals surface area contributed by atoms with Gasteiger partial charge in [-0.3, -0.25) is 9.69 Å². The fourth-order valence-electron chi connectivity index (χ4n) is 8.38. The van der Waals surface area contributed by atoms with Crippen LogP contribution < -0.4 is 5.32 Å². The fourth-order valence-corrected chi connectivity index (χ4v) is 8.38. The van der Waals surface area contributed by atoms with Crippen LogP contribution in [-0.4, -0.2) is 66.9 Å². The Bertz CT molecular complexity index is 1350. The Labute approximate surface area is 281 Å². The van der Waals surface area contributed by atoms with E-state index in [-0.39, 0.29) is 22.8 Å². The number of aryl methyl sites for hydroxylation is 2. The molecule has 1 N–H and O–H groups in total. The fraction of sp³-hybridized carbons (Fsp3) is 0.658. The first kappa shape index (κ1) is 36.8. The molecule has 2 atom stereocenters. The number of carbonyl (C=O) groups excluding carboxylic acids is 1. The van der Waals surface area contributed by atoms with Crippen molar-refractivity contribution in [2.24, 2.45) is 0 Å². The van der Waals surface area contributed by atoms with Gasteiger partial charge in [0.1, 0.15) is 0 Å². The number of Topliss-reactive ketones (excluding diaryl/α,β-unsaturated/α-hetero) is 1. The monoisotopic (exact) mass is 679 g/mol. The van der Waals surface area contributed by atoms with E-state index in [4.69, 9.17) is 0 Å². The van der Waals surface area contributed by atoms with Crippen molar-refractivity contribution >= 4 is 5.78 Å². The number of nitrogens with one attached hydrogen (secondary N) is 1. The number of piperazine rings is 1. The van der Waals surface area contributed by atoms with Crippen molar-refractivity contribution in [3.05, 3.63) is 69.8 Å². The zero-order chi connectivity index (χ0) is 34.5. The van der Waals surface area contributed by atoms with Crippen LogP contribution in [0.2, 0.25) is 0 Å². The number of rotatable bonds is 10. The van der Waals surface area contributed by atoms with Crippen molar-refractivity contribution in [2.75, 3.05) is 39.3 Å². The minimum Gasteiger partial charge on any atom is -0.307 e. The molecule has 3 aliphatic rings. The summed E-state index contributed by atoms with van der Waals surface area (Å²) in [6, 6.07) is 8.15. The van der Waals surface area contributed by atoms with Gasteiger partial charge in [0.2, 0.25) is 0 Å². The Balaban J connectivity index is 1.38. The zero-order valence-corrected chi connectivity index (χ0v) is 28.4. The average Bonchev–Trinajstić information content (AvgIpc) is 3.30. The molecule has 5 rings (SSSR count). The molecule has 0 aromatic heterocycles. The molecule has 2 unspecified atom stereocenters. The lowest BCUT2D eigenvalue weighted by Gasteiger charge is -2.42. The van der Waals surface area contributed by atoms with Crippen LogP contribution in [0, 0.1) is 0 Å². The molecule has 0 spiro atoms. The van der Waals surface area contributed by atoms with Gasteiger partial charge >= 0.3 is 12.4 Å². The Hall–Kier alpha value is -2.43. The van der Waals surface area contributed by atoms with E-state index in [1.807, 2.05) is 0 Å². The van der Waals surface area contributed by atoms with Crippen LogP contribution in [0.15, 0.2) is 36.4 Å². The minimum atomic E-state index is -4.96. The predicted molar refractivity (Wildman–Crippen MR) is 177 cm³/mol. The Morgan fingerprint density at radius 1 is 0.833 bits per heavy atom. The average molecular weight is 680 g/mol. The highest BCUT2D eigenvalue weighted by Gasteiger charge is 2.41. The van der Waals surface area contributed by atoms with E-state index in [1.165, 1.54) is 48.8 Å². The Morgan fingerprint density at radius 2 is 1.48 bits per heavy atom. The molecule has 2 saturated heterocycles. The van der Waals surface area contributed by atoms with E-state index in [0.717, 1.165) is 64.8 Å². The largest absolute Gasteiger partial charge is 0.416 e. The van der Waals surface area contributed by atoms with Crippen molar-refractivity contribution in [3.8, 4) is 0 Å². The van der Waals surface area contributed by atoms with E-state index in [0.29, 0.717) is 31.1 Å². The summed E-state index contributed by atoms with van der Waals surface area (Å²) in [5, 5.41) is 3.33. The highest BCUT2D eigenvalue weighted by Crippen LogP contribution is 2.41. The second-order valence-electron chi connectivity index (χ2n) is 14.3. The molecule has 1 saturated carbocycles. The first-order chi connectivity index (χ1) is 22.8. The molecule has 3 fully saturated rings. The molecule has 48 heavy (non-hydrogen) atoms. The summed E-state index contributed by atoms with van der Waals surface area (Å²) in [5.41, 5.74) is 0.335. The Kier molecular flexibility index (Phi) is 12.0. The van der Waals surface area contributed by atoms with Gasteiger partial charge in [0.15, 0.2) is 5.78 Å². The summed E-state index contributed by atoms with van der Waals surface area (Å²) in [7, 11) is 0. The minimum absolute atomic E-state index is 0.114. The summed E-state index contributed by atoms with van der Waals surface area (Å²) < 4.78 is 81.4. The lowest BCUT2D eigenvalue weighted by molar-refractivity contribution is -0.143. The van der Waals surface area contributed by atoms with Gasteiger partial charge in [0.05, 0.1) is 17.2 Å². The number of alkyl halides is 6. The van der Waals surface area contributed by atoms with E-state index in [1.54, 1.807) is 0 Å². The molecule has 0 bridgehead atoms. The quantitative estimate of drug-likeness (QED) is 0.256. The molecule has 2 aromatic carbocycles. The predicted octanol–water partition coefficient (Wildman–Crippen LogP) is 8.38. The number of hydrogen-bond donors (Lipinski definition) is 1. The first-order valence-corrected chi connectivity index (χ1v) is 17.9. The van der Waals surface area contributed by atoms with Crippen LogP contribution in [0.5, 0.6) is 0 Å². The second-order valence-corrected chi connectivity index (χ2v) is 14.3. The van der Waals surface area contributed by atoms with Crippen LogP contribution >= 0.6 is 0 Å². The number of ketones is 1. The Morgan fingerprint density at radius 3 is 2.08 bits per heavy atom. The van der Waals surface area contributed by atoms with Gasteiger partial charge in [0, 0.05) is 38.6 Å². The first-order valence-electron chi connectivity index (χ1n) is 17.9. The van der Waals surface area contributed by atoms with Crippen molar-refractivity contribution in [1.29, 1.82) is 0 Å². The summed E-state index contributed by atoms with van der Waals surface area (Å²) >= 11 is 0. The smallest absolute Gasteiger partial charge is 0.307 e. The van der Waals surface area contributed by atoms with Gasteiger partial charge in [-0.05, 0) is 110 Å². The van der Waals surface area contributed by atoms with Gasteiger partial charge in [-0.1, -0.05) is 51.3 Å². The van der Waals surface area contributed by atoms with Gasteiger partial charge in [0.25, 0.3) is 0 Å². The number of nitrogens with zero attached hydrogens (tertiary/aromatic N) is 2. The lowest BCUT2D eigenvalue weighted by atomic mass is 9.69. The van der Waals surface area contributed by atoms with Crippen LogP contribution in [0.1, 0.15) is 105 Å². The zero-order valence-electron chi connectivity index (χ0n) is 28.4. The van der Waals surface area contributed by atoms with Gasteiger partial charge in [-0.2, -0.15) is 26.3 Å². The van der Waals surface area contributed by atoms with Crippen molar-refractivity contribution in [1.82, 2.24) is 15.1 Å². The van der Waals surface area contributed by atoms with E-state index in [2.05, 4.69) is 47.2 Å². The van der Waals surface area contributed by atoms with Crippen LogP contribution in [-0.2, 0) is 41.8 Å². The maximum absolute atomic E-state index is 13.8. The highest BCUT2D eigenvalue weighted by molar-refractivity contribution is 5.86. The maximum Gasteiger partial charge on any atom is 0.416 e. The van der Waals surface area contributed by atoms with Crippen molar-refractivity contribution in [2.45, 2.75) is 121 Å². The molecule has 0 radical (unpaired) electrons. The standard InChI is InChI=1S/C38H51F6N3O/c1-3-28-11-12-30(24-29(28)4-2)36(14-16-46-17-19-47(20-18-46)33-9-6-5-7-10-33)13-8-15-45-34(26-36)35(48)23-27-21-31(37(39,40)41)25-32(22-27)38(42,43)44/h11-12,21-22,24-25,33-34,45H,3-10,13-20,23,26H2,1-2H3. The van der Waals surface area contributed by atoms with Crippen LogP contribution in [0.25, 0.3) is 0 Å². The third-order valence-electron chi connectivity index (χ3n) is 11.2. The molecule has 2 aliphatic heterocycles. The molecule has 4 nitrogen and oxygen atoms in total.